The van der Waals surface area contributed by atoms with E-state index >= 15 is 0 Å². The molecular formula is C30H37N7O2. The Morgan fingerprint density at radius 1 is 1.26 bits per heavy atom. The minimum absolute atomic E-state index is 0.0916. The summed E-state index contributed by atoms with van der Waals surface area (Å²) in [6.07, 6.45) is 12.8. The van der Waals surface area contributed by atoms with Gasteiger partial charge in [-0.1, -0.05) is 29.4 Å². The van der Waals surface area contributed by atoms with Crippen LogP contribution in [0.2, 0.25) is 0 Å². The molecule has 1 amide bonds. The molecule has 3 aliphatic carbocycles. The third kappa shape index (κ3) is 4.85. The third-order valence-corrected chi connectivity index (χ3v) is 9.44. The first-order valence-electron chi connectivity index (χ1n) is 14.1. The van der Waals surface area contributed by atoms with Crippen LogP contribution in [0.5, 0.6) is 0 Å². The van der Waals surface area contributed by atoms with Crippen LogP contribution in [-0.2, 0) is 12.8 Å². The van der Waals surface area contributed by atoms with Crippen molar-refractivity contribution in [2.75, 3.05) is 19.6 Å². The minimum atomic E-state index is -0.430. The Hall–Kier alpha value is -3.55. The number of unbranched alkanes of at least 4 members (excludes halogenated alkanes) is 1. The van der Waals surface area contributed by atoms with Crippen LogP contribution in [0.25, 0.3) is 16.0 Å². The molecule has 1 aromatic carbocycles. The second-order valence-electron chi connectivity index (χ2n) is 11.3. The number of allylic oxidation sites excluding steroid dienone is 1. The van der Waals surface area contributed by atoms with Crippen LogP contribution in [0.15, 0.2) is 53.0 Å². The van der Waals surface area contributed by atoms with Gasteiger partial charge in [0.05, 0.1) is 6.54 Å². The summed E-state index contributed by atoms with van der Waals surface area (Å²) in [5, 5.41) is 9.95. The average molecular weight is 528 g/mol. The summed E-state index contributed by atoms with van der Waals surface area (Å²) in [5.41, 5.74) is 22.6. The molecule has 0 saturated heterocycles. The van der Waals surface area contributed by atoms with Crippen molar-refractivity contribution in [2.24, 2.45) is 27.4 Å². The summed E-state index contributed by atoms with van der Waals surface area (Å²) in [5.74, 6) is 0.254. The highest BCUT2D eigenvalue weighted by Gasteiger charge is 2.60. The highest BCUT2D eigenvalue weighted by atomic mass is 16.3. The topological polar surface area (TPSA) is 146 Å². The fraction of sp³-hybridized carbons (Fsp3) is 0.533. The molecule has 3 aliphatic rings. The Labute approximate surface area is 229 Å². The van der Waals surface area contributed by atoms with Gasteiger partial charge in [-0.15, -0.1) is 0 Å². The quantitative estimate of drug-likeness (QED) is 0.131. The van der Waals surface area contributed by atoms with Gasteiger partial charge in [0.1, 0.15) is 0 Å². The monoisotopic (exact) mass is 527 g/mol. The average Bonchev–Trinajstić information content (AvgIpc) is 3.36. The van der Waals surface area contributed by atoms with Gasteiger partial charge in [0.25, 0.3) is 5.91 Å². The fourth-order valence-electron chi connectivity index (χ4n) is 7.53. The van der Waals surface area contributed by atoms with E-state index in [1.54, 1.807) is 0 Å². The molecule has 1 heterocycles. The van der Waals surface area contributed by atoms with Crippen molar-refractivity contribution < 1.29 is 4.79 Å². The molecule has 9 nitrogen and oxygen atoms in total. The maximum atomic E-state index is 12.7. The Morgan fingerprint density at radius 3 is 2.92 bits per heavy atom. The van der Waals surface area contributed by atoms with E-state index in [0.29, 0.717) is 25.1 Å². The minimum Gasteiger partial charge on any atom is -0.352 e. The molecule has 2 unspecified atom stereocenters. The number of pyridine rings is 1. The summed E-state index contributed by atoms with van der Waals surface area (Å²) in [6.45, 7) is 3.34. The Balaban J connectivity index is 1.40. The third-order valence-electron chi connectivity index (χ3n) is 9.44. The number of nitrogens with one attached hydrogen (secondary N) is 1. The van der Waals surface area contributed by atoms with E-state index < -0.39 is 5.54 Å². The first-order valence-corrected chi connectivity index (χ1v) is 14.1. The Kier molecular flexibility index (Phi) is 7.82. The Morgan fingerprint density at radius 2 is 2.13 bits per heavy atom. The first kappa shape index (κ1) is 27.0. The number of nitrogens with zero attached hydrogens (tertiary/aromatic N) is 5. The lowest BCUT2D eigenvalue weighted by Gasteiger charge is -2.57. The van der Waals surface area contributed by atoms with Crippen LogP contribution < -0.4 is 11.1 Å². The SMILES string of the molecule is CCc1cncc(C2=CCC3[C@]2(CN=[N+]=[N-])CCC2c4ccc(C(=O)NCCCCN=O)cc4CC[C@]23N)c1. The lowest BCUT2D eigenvalue weighted by Crippen LogP contribution is -2.62. The lowest BCUT2D eigenvalue weighted by atomic mass is 9.49. The second-order valence-corrected chi connectivity index (χ2v) is 11.3. The molecule has 0 bridgehead atoms. The van der Waals surface area contributed by atoms with Gasteiger partial charge >= 0.3 is 0 Å². The number of hydrogen-bond donors (Lipinski definition) is 2. The van der Waals surface area contributed by atoms with E-state index in [-0.39, 0.29) is 29.7 Å². The molecule has 1 aromatic heterocycles. The van der Waals surface area contributed by atoms with Gasteiger partial charge in [0.15, 0.2) is 0 Å². The molecule has 5 rings (SSSR count). The van der Waals surface area contributed by atoms with Crippen molar-refractivity contribution >= 4 is 11.5 Å². The van der Waals surface area contributed by atoms with Crippen molar-refractivity contribution in [3.05, 3.63) is 85.9 Å². The molecule has 4 atom stereocenters. The van der Waals surface area contributed by atoms with E-state index in [9.17, 15) is 15.2 Å². The van der Waals surface area contributed by atoms with Crippen molar-refractivity contribution in [1.82, 2.24) is 10.3 Å². The zero-order valence-electron chi connectivity index (χ0n) is 22.6. The number of rotatable bonds is 10. The summed E-state index contributed by atoms with van der Waals surface area (Å²) in [7, 11) is 0. The number of azide groups is 1. The molecule has 1 saturated carbocycles. The number of nitrogens with two attached hydrogens (primary N) is 1. The van der Waals surface area contributed by atoms with Crippen LogP contribution >= 0.6 is 0 Å². The smallest absolute Gasteiger partial charge is 0.251 e. The van der Waals surface area contributed by atoms with Crippen LogP contribution in [0.1, 0.15) is 84.0 Å². The predicted molar refractivity (Wildman–Crippen MR) is 152 cm³/mol. The number of benzene rings is 1. The van der Waals surface area contributed by atoms with Gasteiger partial charge in [-0.05, 0) is 109 Å². The van der Waals surface area contributed by atoms with Crippen LogP contribution in [0.4, 0.5) is 0 Å². The van der Waals surface area contributed by atoms with E-state index in [1.807, 2.05) is 24.5 Å². The first-order chi connectivity index (χ1) is 19.0. The number of hydrogen-bond acceptors (Lipinski definition) is 6. The van der Waals surface area contributed by atoms with Crippen molar-refractivity contribution in [3.63, 3.8) is 0 Å². The zero-order chi connectivity index (χ0) is 27.5. The molecular weight excluding hydrogens is 490 g/mol. The highest BCUT2D eigenvalue weighted by molar-refractivity contribution is 5.94. The molecule has 3 N–H and O–H groups in total. The largest absolute Gasteiger partial charge is 0.352 e. The molecule has 0 aliphatic heterocycles. The van der Waals surface area contributed by atoms with Gasteiger partial charge in [0, 0.05) is 52.8 Å². The van der Waals surface area contributed by atoms with Crippen LogP contribution in [-0.4, -0.2) is 36.1 Å². The van der Waals surface area contributed by atoms with Gasteiger partial charge in [0.2, 0.25) is 0 Å². The number of amides is 1. The van der Waals surface area contributed by atoms with Gasteiger partial charge in [-0.25, -0.2) is 0 Å². The molecule has 9 heteroatoms. The maximum absolute atomic E-state index is 12.7. The van der Waals surface area contributed by atoms with Crippen molar-refractivity contribution in [3.8, 4) is 0 Å². The fourth-order valence-corrected chi connectivity index (χ4v) is 7.53. The number of carbonyl (C=O) groups is 1. The van der Waals surface area contributed by atoms with E-state index in [0.717, 1.165) is 50.5 Å². The van der Waals surface area contributed by atoms with Crippen molar-refractivity contribution in [1.29, 1.82) is 0 Å². The summed E-state index contributed by atoms with van der Waals surface area (Å²) in [6, 6.07) is 8.26. The predicted octanol–water partition coefficient (Wildman–Crippen LogP) is 5.84. The lowest BCUT2D eigenvalue weighted by molar-refractivity contribution is 0.0521. The molecule has 39 heavy (non-hydrogen) atoms. The van der Waals surface area contributed by atoms with Crippen molar-refractivity contribution in [2.45, 2.75) is 69.7 Å². The summed E-state index contributed by atoms with van der Waals surface area (Å²) in [4.78, 5) is 30.7. The van der Waals surface area contributed by atoms with Gasteiger partial charge in [-0.2, -0.15) is 4.91 Å². The number of nitroso groups, excluding NO2 is 1. The molecule has 1 fully saturated rings. The normalized spacial score (nSPS) is 26.9. The summed E-state index contributed by atoms with van der Waals surface area (Å²) >= 11 is 0. The zero-order valence-corrected chi connectivity index (χ0v) is 22.6. The number of fused-ring (bicyclic) bond motifs is 5. The molecule has 0 spiro atoms. The van der Waals surface area contributed by atoms with E-state index in [2.05, 4.69) is 50.6 Å². The number of aryl methyl sites for hydroxylation is 2. The molecule has 0 radical (unpaired) electrons. The Bertz CT molecular complexity index is 1330. The molecule has 204 valence electrons. The molecule has 2 aromatic rings. The van der Waals surface area contributed by atoms with Gasteiger partial charge < -0.3 is 11.1 Å². The van der Waals surface area contributed by atoms with Crippen LogP contribution in [0.3, 0.4) is 0 Å². The summed E-state index contributed by atoms with van der Waals surface area (Å²) < 4.78 is 0. The number of aromatic nitrogens is 1. The standard InChI is InChI=1S/C30H37N7O2/c1-2-20-15-23(18-33-17-20)25-7-8-27-29(25,19-35-37-32)11-10-26-24-6-5-22(16-21(24)9-12-30(26,27)31)28(38)34-13-3-4-14-36-39/h5-7,15-18,26-27H,2-4,8-14,19,31H2,1H3,(H,34,38)/t26?,27?,29-,30-/m0/s1. The van der Waals surface area contributed by atoms with E-state index in [1.165, 1.54) is 22.3 Å². The number of carbonyl (C=O) groups excluding carboxylic acids is 1. The highest BCUT2D eigenvalue weighted by Crippen LogP contribution is 2.64. The van der Waals surface area contributed by atoms with Crippen LogP contribution in [0, 0.1) is 16.2 Å². The second kappa shape index (κ2) is 11.3. The maximum Gasteiger partial charge on any atom is 0.251 e. The van der Waals surface area contributed by atoms with Gasteiger partial charge in [-0.3, -0.25) is 9.78 Å². The van der Waals surface area contributed by atoms with E-state index in [4.69, 9.17) is 5.73 Å².